The summed E-state index contributed by atoms with van der Waals surface area (Å²) in [5.41, 5.74) is 0.198. The normalized spacial score (nSPS) is 11.1. The van der Waals surface area contributed by atoms with Gasteiger partial charge in [-0.15, -0.1) is 0 Å². The van der Waals surface area contributed by atoms with E-state index in [0.29, 0.717) is 0 Å². The van der Waals surface area contributed by atoms with Crippen LogP contribution in [0.25, 0.3) is 0 Å². The monoisotopic (exact) mass is 402 g/mol. The van der Waals surface area contributed by atoms with Crippen molar-refractivity contribution in [2.75, 3.05) is 6.61 Å². The molecule has 0 N–H and O–H groups in total. The SMILES string of the molecule is CCOC(=O)c1ccc(S(=O)(=O)Oc2cccc(F)c2)c(Br)c1. The van der Waals surface area contributed by atoms with Gasteiger partial charge in [0.25, 0.3) is 0 Å². The summed E-state index contributed by atoms with van der Waals surface area (Å²) in [7, 11) is -4.18. The van der Waals surface area contributed by atoms with Crippen molar-refractivity contribution in [2.45, 2.75) is 11.8 Å². The molecule has 0 aliphatic rings. The van der Waals surface area contributed by atoms with Crippen molar-refractivity contribution in [1.82, 2.24) is 0 Å². The Bertz CT molecular complexity index is 836. The standard InChI is InChI=1S/C15H12BrFO5S/c1-2-21-15(18)10-6-7-14(13(16)8-10)23(19,20)22-12-5-3-4-11(17)9-12/h3-9H,2H2,1H3. The molecule has 0 aliphatic heterocycles. The van der Waals surface area contributed by atoms with Gasteiger partial charge in [-0.05, 0) is 53.2 Å². The molecule has 0 saturated heterocycles. The first-order valence-electron chi connectivity index (χ1n) is 6.50. The van der Waals surface area contributed by atoms with Gasteiger partial charge >= 0.3 is 16.1 Å². The Morgan fingerprint density at radius 1 is 1.22 bits per heavy atom. The molecule has 5 nitrogen and oxygen atoms in total. The predicted molar refractivity (Wildman–Crippen MR) is 84.3 cm³/mol. The fourth-order valence-electron chi connectivity index (χ4n) is 1.74. The molecule has 0 heterocycles. The van der Waals surface area contributed by atoms with Gasteiger partial charge in [0, 0.05) is 10.5 Å². The fraction of sp³-hybridized carbons (Fsp3) is 0.133. The van der Waals surface area contributed by atoms with Crippen molar-refractivity contribution in [2.24, 2.45) is 0 Å². The first-order chi connectivity index (χ1) is 10.8. The Balaban J connectivity index is 2.31. The van der Waals surface area contributed by atoms with E-state index in [1.54, 1.807) is 6.92 Å². The summed E-state index contributed by atoms with van der Waals surface area (Å²) in [6.07, 6.45) is 0. The Morgan fingerprint density at radius 3 is 2.57 bits per heavy atom. The van der Waals surface area contributed by atoms with Gasteiger partial charge in [0.15, 0.2) is 0 Å². The molecule has 2 rings (SSSR count). The third-order valence-electron chi connectivity index (χ3n) is 2.71. The molecule has 0 spiro atoms. The zero-order valence-electron chi connectivity index (χ0n) is 12.0. The molecule has 0 fully saturated rings. The Kier molecular flexibility index (Phi) is 5.38. The lowest BCUT2D eigenvalue weighted by Crippen LogP contribution is -2.12. The van der Waals surface area contributed by atoms with E-state index in [9.17, 15) is 17.6 Å². The topological polar surface area (TPSA) is 69.7 Å². The lowest BCUT2D eigenvalue weighted by atomic mass is 10.2. The minimum Gasteiger partial charge on any atom is -0.462 e. The number of rotatable bonds is 5. The second kappa shape index (κ2) is 7.10. The van der Waals surface area contributed by atoms with Gasteiger partial charge in [0.2, 0.25) is 0 Å². The molecule has 2 aromatic rings. The van der Waals surface area contributed by atoms with E-state index in [2.05, 4.69) is 15.9 Å². The number of carbonyl (C=O) groups excluding carboxylic acids is 1. The van der Waals surface area contributed by atoms with Crippen molar-refractivity contribution in [1.29, 1.82) is 0 Å². The molecule has 0 saturated carbocycles. The van der Waals surface area contributed by atoms with Crippen LogP contribution in [0.1, 0.15) is 17.3 Å². The van der Waals surface area contributed by atoms with Crippen LogP contribution in [0.2, 0.25) is 0 Å². The Labute approximate surface area is 141 Å². The highest BCUT2D eigenvalue weighted by Gasteiger charge is 2.22. The van der Waals surface area contributed by atoms with Crippen LogP contribution in [-0.2, 0) is 14.9 Å². The summed E-state index contributed by atoms with van der Waals surface area (Å²) >= 11 is 3.09. The number of benzene rings is 2. The average Bonchev–Trinajstić information content (AvgIpc) is 2.46. The molecule has 0 aromatic heterocycles. The van der Waals surface area contributed by atoms with Gasteiger partial charge in [-0.3, -0.25) is 0 Å². The van der Waals surface area contributed by atoms with E-state index < -0.39 is 21.9 Å². The molecule has 0 atom stereocenters. The zero-order chi connectivity index (χ0) is 17.0. The van der Waals surface area contributed by atoms with Gasteiger partial charge in [-0.25, -0.2) is 9.18 Å². The van der Waals surface area contributed by atoms with Gasteiger partial charge in [0.1, 0.15) is 16.5 Å². The zero-order valence-corrected chi connectivity index (χ0v) is 14.4. The van der Waals surface area contributed by atoms with Crippen molar-refractivity contribution >= 4 is 32.0 Å². The van der Waals surface area contributed by atoms with Gasteiger partial charge in [-0.1, -0.05) is 6.07 Å². The first-order valence-corrected chi connectivity index (χ1v) is 8.70. The molecule has 0 bridgehead atoms. The molecule has 2 aromatic carbocycles. The lowest BCUT2D eigenvalue weighted by Gasteiger charge is -2.10. The number of hydrogen-bond acceptors (Lipinski definition) is 5. The number of ether oxygens (including phenoxy) is 1. The number of hydrogen-bond donors (Lipinski definition) is 0. The highest BCUT2D eigenvalue weighted by molar-refractivity contribution is 9.10. The van der Waals surface area contributed by atoms with Crippen molar-refractivity contribution < 1.29 is 26.5 Å². The number of esters is 1. The molecule has 0 amide bonds. The van der Waals surface area contributed by atoms with Crippen LogP contribution in [-0.4, -0.2) is 21.0 Å². The molecule has 0 radical (unpaired) electrons. The maximum Gasteiger partial charge on any atom is 0.340 e. The average molecular weight is 403 g/mol. The van der Waals surface area contributed by atoms with Crippen LogP contribution in [0.3, 0.4) is 0 Å². The molecular formula is C15H12BrFO5S. The van der Waals surface area contributed by atoms with E-state index in [-0.39, 0.29) is 27.3 Å². The minimum atomic E-state index is -4.18. The van der Waals surface area contributed by atoms with E-state index in [1.165, 1.54) is 36.4 Å². The van der Waals surface area contributed by atoms with Crippen molar-refractivity contribution in [3.8, 4) is 5.75 Å². The maximum atomic E-state index is 13.1. The van der Waals surface area contributed by atoms with Gasteiger partial charge < -0.3 is 8.92 Å². The predicted octanol–water partition coefficient (Wildman–Crippen LogP) is 3.53. The molecule has 0 aliphatic carbocycles. The number of halogens is 2. The van der Waals surface area contributed by atoms with E-state index in [0.717, 1.165) is 6.07 Å². The van der Waals surface area contributed by atoms with Crippen LogP contribution in [0.15, 0.2) is 51.8 Å². The van der Waals surface area contributed by atoms with E-state index >= 15 is 0 Å². The Hall–Kier alpha value is -1.93. The van der Waals surface area contributed by atoms with Crippen LogP contribution in [0, 0.1) is 5.82 Å². The maximum absolute atomic E-state index is 13.1. The fourth-order valence-corrected chi connectivity index (χ4v) is 3.69. The molecule has 23 heavy (non-hydrogen) atoms. The molecule has 8 heteroatoms. The van der Waals surface area contributed by atoms with Crippen molar-refractivity contribution in [3.05, 3.63) is 58.3 Å². The summed E-state index contributed by atoms with van der Waals surface area (Å²) in [6.45, 7) is 1.87. The van der Waals surface area contributed by atoms with Crippen LogP contribution in [0.4, 0.5) is 4.39 Å². The number of carbonyl (C=O) groups is 1. The van der Waals surface area contributed by atoms with E-state index in [1.807, 2.05) is 0 Å². The van der Waals surface area contributed by atoms with Gasteiger partial charge in [-0.2, -0.15) is 8.42 Å². The third-order valence-corrected chi connectivity index (χ3v) is 4.94. The highest BCUT2D eigenvalue weighted by Crippen LogP contribution is 2.27. The lowest BCUT2D eigenvalue weighted by molar-refractivity contribution is 0.0526. The summed E-state index contributed by atoms with van der Waals surface area (Å²) in [5, 5.41) is 0. The summed E-state index contributed by atoms with van der Waals surface area (Å²) in [4.78, 5) is 11.4. The van der Waals surface area contributed by atoms with Crippen LogP contribution in [0.5, 0.6) is 5.75 Å². The highest BCUT2D eigenvalue weighted by atomic mass is 79.9. The second-order valence-corrected chi connectivity index (χ2v) is 6.73. The second-order valence-electron chi connectivity index (χ2n) is 4.36. The van der Waals surface area contributed by atoms with Crippen LogP contribution >= 0.6 is 15.9 Å². The van der Waals surface area contributed by atoms with Crippen LogP contribution < -0.4 is 4.18 Å². The minimum absolute atomic E-state index is 0.138. The molecule has 122 valence electrons. The van der Waals surface area contributed by atoms with E-state index in [4.69, 9.17) is 8.92 Å². The smallest absolute Gasteiger partial charge is 0.340 e. The first kappa shape index (κ1) is 17.4. The summed E-state index contributed by atoms with van der Waals surface area (Å²) in [6, 6.07) is 8.62. The van der Waals surface area contributed by atoms with Crippen molar-refractivity contribution in [3.63, 3.8) is 0 Å². The quantitative estimate of drug-likeness (QED) is 0.565. The molecule has 0 unspecified atom stereocenters. The largest absolute Gasteiger partial charge is 0.462 e. The van der Waals surface area contributed by atoms with Gasteiger partial charge in [0.05, 0.1) is 12.2 Å². The Morgan fingerprint density at radius 2 is 1.96 bits per heavy atom. The molecular weight excluding hydrogens is 391 g/mol. The summed E-state index contributed by atoms with van der Waals surface area (Å²) in [5.74, 6) is -1.33. The third kappa shape index (κ3) is 4.29. The summed E-state index contributed by atoms with van der Waals surface area (Å²) < 4.78 is 47.5.